The van der Waals surface area contributed by atoms with Gasteiger partial charge in [-0.2, -0.15) is 0 Å². The summed E-state index contributed by atoms with van der Waals surface area (Å²) < 4.78 is 0. The van der Waals surface area contributed by atoms with Gasteiger partial charge in [0.05, 0.1) is 0 Å². The molecular formula is C15H21NO3. The lowest BCUT2D eigenvalue weighted by atomic mass is 9.97. The number of rotatable bonds is 5. The van der Waals surface area contributed by atoms with Crippen molar-refractivity contribution in [2.24, 2.45) is 5.92 Å². The number of aliphatic carboxylic acids is 1. The van der Waals surface area contributed by atoms with Crippen LogP contribution < -0.4 is 5.32 Å². The fourth-order valence-electron chi connectivity index (χ4n) is 1.90. The molecule has 1 aromatic rings. The number of benzene rings is 1. The molecule has 0 spiro atoms. The number of hydrogen-bond donors (Lipinski definition) is 2. The van der Waals surface area contributed by atoms with Gasteiger partial charge in [0.1, 0.15) is 6.04 Å². The van der Waals surface area contributed by atoms with Crippen LogP contribution in [0.5, 0.6) is 0 Å². The second-order valence-corrected chi connectivity index (χ2v) is 4.92. The molecule has 0 heterocycles. The normalized spacial score (nSPS) is 13.7. The van der Waals surface area contributed by atoms with Crippen molar-refractivity contribution in [3.63, 3.8) is 0 Å². The van der Waals surface area contributed by atoms with E-state index in [4.69, 9.17) is 0 Å². The van der Waals surface area contributed by atoms with Crippen LogP contribution in [0.1, 0.15) is 41.8 Å². The summed E-state index contributed by atoms with van der Waals surface area (Å²) in [5, 5.41) is 11.8. The SMILES string of the molecule is CCC(C)C(NC(=O)c1cccc(C)c1C)C(=O)O. The largest absolute Gasteiger partial charge is 0.480 e. The van der Waals surface area contributed by atoms with Crippen LogP contribution >= 0.6 is 0 Å². The lowest BCUT2D eigenvalue weighted by Gasteiger charge is -2.20. The van der Waals surface area contributed by atoms with Crippen molar-refractivity contribution in [2.45, 2.75) is 40.2 Å². The zero-order valence-corrected chi connectivity index (χ0v) is 11.9. The number of nitrogens with one attached hydrogen (secondary N) is 1. The number of carbonyl (C=O) groups excluding carboxylic acids is 1. The molecule has 0 aliphatic rings. The molecule has 4 heteroatoms. The molecule has 4 nitrogen and oxygen atoms in total. The van der Waals surface area contributed by atoms with Crippen molar-refractivity contribution in [1.29, 1.82) is 0 Å². The third-order valence-corrected chi connectivity index (χ3v) is 3.61. The summed E-state index contributed by atoms with van der Waals surface area (Å²) in [6.07, 6.45) is 0.698. The van der Waals surface area contributed by atoms with Crippen molar-refractivity contribution in [2.75, 3.05) is 0 Å². The summed E-state index contributed by atoms with van der Waals surface area (Å²) >= 11 is 0. The predicted molar refractivity (Wildman–Crippen MR) is 74.3 cm³/mol. The quantitative estimate of drug-likeness (QED) is 0.858. The Labute approximate surface area is 113 Å². The van der Waals surface area contributed by atoms with Crippen LogP contribution in [0, 0.1) is 19.8 Å². The van der Waals surface area contributed by atoms with Gasteiger partial charge in [-0.3, -0.25) is 4.79 Å². The zero-order valence-electron chi connectivity index (χ0n) is 11.9. The highest BCUT2D eigenvalue weighted by Crippen LogP contribution is 2.14. The van der Waals surface area contributed by atoms with E-state index >= 15 is 0 Å². The Morgan fingerprint density at radius 3 is 2.47 bits per heavy atom. The summed E-state index contributed by atoms with van der Waals surface area (Å²) in [7, 11) is 0. The summed E-state index contributed by atoms with van der Waals surface area (Å²) in [5.74, 6) is -1.42. The van der Waals surface area contributed by atoms with Gasteiger partial charge >= 0.3 is 5.97 Å². The third-order valence-electron chi connectivity index (χ3n) is 3.61. The third kappa shape index (κ3) is 3.56. The Morgan fingerprint density at radius 1 is 1.32 bits per heavy atom. The minimum Gasteiger partial charge on any atom is -0.480 e. The van der Waals surface area contributed by atoms with E-state index in [-0.39, 0.29) is 11.8 Å². The minimum absolute atomic E-state index is 0.105. The van der Waals surface area contributed by atoms with Crippen LogP contribution in [-0.4, -0.2) is 23.0 Å². The van der Waals surface area contributed by atoms with Gasteiger partial charge in [0.2, 0.25) is 0 Å². The molecule has 0 fully saturated rings. The summed E-state index contributed by atoms with van der Waals surface area (Å²) in [4.78, 5) is 23.4. The molecule has 1 rings (SSSR count). The van der Waals surface area contributed by atoms with Gasteiger partial charge in [-0.15, -0.1) is 0 Å². The van der Waals surface area contributed by atoms with Gasteiger partial charge < -0.3 is 10.4 Å². The van der Waals surface area contributed by atoms with Crippen molar-refractivity contribution >= 4 is 11.9 Å². The van der Waals surface area contributed by atoms with E-state index in [1.54, 1.807) is 12.1 Å². The highest BCUT2D eigenvalue weighted by atomic mass is 16.4. The number of carboxylic acids is 1. The van der Waals surface area contributed by atoms with E-state index in [1.165, 1.54) is 0 Å². The van der Waals surface area contributed by atoms with Gasteiger partial charge in [-0.1, -0.05) is 32.4 Å². The monoisotopic (exact) mass is 263 g/mol. The van der Waals surface area contributed by atoms with Crippen LogP contribution in [0.4, 0.5) is 0 Å². The smallest absolute Gasteiger partial charge is 0.326 e. The molecule has 1 amide bonds. The molecule has 2 atom stereocenters. The van der Waals surface area contributed by atoms with Crippen LogP contribution in [0.15, 0.2) is 18.2 Å². The first-order valence-electron chi connectivity index (χ1n) is 6.48. The molecule has 2 N–H and O–H groups in total. The Balaban J connectivity index is 2.94. The van der Waals surface area contributed by atoms with Gasteiger partial charge in [-0.05, 0) is 37.0 Å². The number of hydrogen-bond acceptors (Lipinski definition) is 2. The Bertz CT molecular complexity index is 482. The molecule has 0 bridgehead atoms. The molecule has 104 valence electrons. The Kier molecular flexibility index (Phi) is 5.10. The average Bonchev–Trinajstić information content (AvgIpc) is 2.37. The minimum atomic E-state index is -0.993. The van der Waals surface area contributed by atoms with Crippen LogP contribution in [-0.2, 0) is 4.79 Å². The second kappa shape index (κ2) is 6.36. The van der Waals surface area contributed by atoms with E-state index in [0.29, 0.717) is 12.0 Å². The Hall–Kier alpha value is -1.84. The van der Waals surface area contributed by atoms with E-state index in [9.17, 15) is 14.7 Å². The molecule has 0 aliphatic carbocycles. The van der Waals surface area contributed by atoms with Crippen LogP contribution in [0.2, 0.25) is 0 Å². The average molecular weight is 263 g/mol. The number of carbonyl (C=O) groups is 2. The highest BCUT2D eigenvalue weighted by Gasteiger charge is 2.26. The van der Waals surface area contributed by atoms with Crippen molar-refractivity contribution in [1.82, 2.24) is 5.32 Å². The van der Waals surface area contributed by atoms with Crippen molar-refractivity contribution in [3.05, 3.63) is 34.9 Å². The van der Waals surface area contributed by atoms with E-state index in [2.05, 4.69) is 5.32 Å². The molecule has 19 heavy (non-hydrogen) atoms. The molecule has 1 aromatic carbocycles. The second-order valence-electron chi connectivity index (χ2n) is 4.92. The molecular weight excluding hydrogens is 242 g/mol. The predicted octanol–water partition coefficient (Wildman–Crippen LogP) is 2.53. The summed E-state index contributed by atoms with van der Waals surface area (Å²) in [5.41, 5.74) is 2.44. The number of amides is 1. The highest BCUT2D eigenvalue weighted by molar-refractivity contribution is 5.98. The maximum absolute atomic E-state index is 12.2. The maximum Gasteiger partial charge on any atom is 0.326 e. The number of carboxylic acid groups (broad SMARTS) is 1. The molecule has 0 saturated carbocycles. The lowest BCUT2D eigenvalue weighted by Crippen LogP contribution is -2.45. The Morgan fingerprint density at radius 2 is 1.95 bits per heavy atom. The topological polar surface area (TPSA) is 66.4 Å². The molecule has 0 aromatic heterocycles. The summed E-state index contributed by atoms with van der Waals surface area (Å²) in [6, 6.07) is 4.59. The van der Waals surface area contributed by atoms with Crippen molar-refractivity contribution < 1.29 is 14.7 Å². The van der Waals surface area contributed by atoms with E-state index in [0.717, 1.165) is 11.1 Å². The number of aryl methyl sites for hydroxylation is 1. The van der Waals surface area contributed by atoms with Crippen LogP contribution in [0.3, 0.4) is 0 Å². The fraction of sp³-hybridized carbons (Fsp3) is 0.467. The van der Waals surface area contributed by atoms with E-state index in [1.807, 2.05) is 33.8 Å². The molecule has 2 unspecified atom stereocenters. The zero-order chi connectivity index (χ0) is 14.6. The standard InChI is InChI=1S/C15H21NO3/c1-5-9(2)13(15(18)19)16-14(17)12-8-6-7-10(3)11(12)4/h6-9,13H,5H2,1-4H3,(H,16,17)(H,18,19). The van der Waals surface area contributed by atoms with Gasteiger partial charge in [0, 0.05) is 5.56 Å². The summed E-state index contributed by atoms with van der Waals surface area (Å²) in [6.45, 7) is 7.52. The van der Waals surface area contributed by atoms with E-state index < -0.39 is 12.0 Å². The molecule has 0 radical (unpaired) electrons. The maximum atomic E-state index is 12.2. The van der Waals surface area contributed by atoms with Gasteiger partial charge in [0.15, 0.2) is 0 Å². The molecule has 0 aliphatic heterocycles. The van der Waals surface area contributed by atoms with Crippen molar-refractivity contribution in [3.8, 4) is 0 Å². The fourth-order valence-corrected chi connectivity index (χ4v) is 1.90. The molecule has 0 saturated heterocycles. The lowest BCUT2D eigenvalue weighted by molar-refractivity contribution is -0.140. The van der Waals surface area contributed by atoms with Crippen LogP contribution in [0.25, 0.3) is 0 Å². The first kappa shape index (κ1) is 15.2. The first-order chi connectivity index (χ1) is 8.88. The van der Waals surface area contributed by atoms with Gasteiger partial charge in [-0.25, -0.2) is 4.79 Å². The first-order valence-corrected chi connectivity index (χ1v) is 6.48. The van der Waals surface area contributed by atoms with Gasteiger partial charge in [0.25, 0.3) is 5.91 Å².